The fourth-order valence-electron chi connectivity index (χ4n) is 4.46. The van der Waals surface area contributed by atoms with Crippen molar-refractivity contribution in [1.29, 1.82) is 0 Å². The first-order valence-electron chi connectivity index (χ1n) is 14.6. The van der Waals surface area contributed by atoms with Crippen molar-refractivity contribution in [2.45, 2.75) is 136 Å². The third kappa shape index (κ3) is 16.2. The van der Waals surface area contributed by atoms with Crippen LogP contribution < -0.4 is 14.8 Å². The molecule has 1 aromatic carbocycles. The molecule has 0 aliphatic heterocycles. The average Bonchev–Trinajstić information content (AvgIpc) is 2.85. The summed E-state index contributed by atoms with van der Waals surface area (Å²) < 4.78 is 10.3. The van der Waals surface area contributed by atoms with Crippen LogP contribution >= 0.6 is 0 Å². The van der Waals surface area contributed by atoms with Crippen LogP contribution in [0.1, 0.15) is 142 Å². The van der Waals surface area contributed by atoms with Crippen LogP contribution in [0, 0.1) is 0 Å². The van der Waals surface area contributed by atoms with E-state index in [9.17, 15) is 14.4 Å². The van der Waals surface area contributed by atoms with Gasteiger partial charge in [-0.15, -0.1) is 0 Å². The normalized spacial score (nSPS) is 11.7. The smallest absolute Gasteiger partial charge is 0.308 e. The maximum atomic E-state index is 12.6. The second-order valence-electron chi connectivity index (χ2n) is 10.2. The minimum atomic E-state index is -0.522. The summed E-state index contributed by atoms with van der Waals surface area (Å²) in [6, 6.07) is 4.84. The molecule has 1 amide bonds. The third-order valence-corrected chi connectivity index (χ3v) is 6.70. The second-order valence-corrected chi connectivity index (χ2v) is 10.2. The molecule has 1 rings (SSSR count). The number of esters is 2. The van der Waals surface area contributed by atoms with Crippen molar-refractivity contribution in [2.24, 2.45) is 0 Å². The lowest BCUT2D eigenvalue weighted by Crippen LogP contribution is -2.28. The van der Waals surface area contributed by atoms with Gasteiger partial charge in [0, 0.05) is 20.4 Å². The van der Waals surface area contributed by atoms with Gasteiger partial charge in [-0.3, -0.25) is 14.4 Å². The first-order valence-corrected chi connectivity index (χ1v) is 14.6. The van der Waals surface area contributed by atoms with E-state index in [1.54, 1.807) is 25.1 Å². The maximum Gasteiger partial charge on any atom is 0.308 e. The van der Waals surface area contributed by atoms with Crippen molar-refractivity contribution < 1.29 is 23.9 Å². The Morgan fingerprint density at radius 3 is 1.57 bits per heavy atom. The minimum absolute atomic E-state index is 0.0741. The van der Waals surface area contributed by atoms with Crippen molar-refractivity contribution in [3.05, 3.63) is 23.8 Å². The van der Waals surface area contributed by atoms with Crippen LogP contribution in [-0.4, -0.2) is 24.4 Å². The fraction of sp³-hybridized carbons (Fsp3) is 0.710. The van der Waals surface area contributed by atoms with Gasteiger partial charge in [-0.1, -0.05) is 109 Å². The number of rotatable bonds is 21. The number of benzene rings is 1. The first-order chi connectivity index (χ1) is 17.8. The molecule has 0 aliphatic rings. The highest BCUT2D eigenvalue weighted by atomic mass is 16.6. The van der Waals surface area contributed by atoms with E-state index in [1.807, 2.05) is 0 Å². The van der Waals surface area contributed by atoms with Gasteiger partial charge in [0.1, 0.15) is 0 Å². The summed E-state index contributed by atoms with van der Waals surface area (Å²) in [6.07, 6.45) is 21.2. The molecule has 0 saturated carbocycles. The number of nitrogens with one attached hydrogen (secondary N) is 1. The Morgan fingerprint density at radius 2 is 1.11 bits per heavy atom. The molecule has 0 radical (unpaired) electrons. The summed E-state index contributed by atoms with van der Waals surface area (Å²) in [5, 5.41) is 3.01. The van der Waals surface area contributed by atoms with Crippen LogP contribution in [0.2, 0.25) is 0 Å². The molecule has 0 heterocycles. The molecule has 6 heteroatoms. The van der Waals surface area contributed by atoms with E-state index in [2.05, 4.69) is 12.2 Å². The molecule has 0 bridgehead atoms. The molecule has 0 fully saturated rings. The Labute approximate surface area is 225 Å². The highest BCUT2D eigenvalue weighted by Gasteiger charge is 2.18. The molecule has 210 valence electrons. The predicted octanol–water partition coefficient (Wildman–Crippen LogP) is 8.02. The summed E-state index contributed by atoms with van der Waals surface area (Å²) in [5.41, 5.74) is 0.691. The van der Waals surface area contributed by atoms with Crippen LogP contribution in [-0.2, 0) is 14.4 Å². The standard InChI is InChI=1S/C31H51NO5/c1-5-6-7-8-9-10-11-12-13-14-15-16-17-18-19-20-23-32-31(35)25(2)28-21-22-29(36-26(3)33)30(24-28)37-27(4)34/h21-22,24-25H,5-20,23H2,1-4H3,(H,32,35). The maximum absolute atomic E-state index is 12.6. The Morgan fingerprint density at radius 1 is 0.676 bits per heavy atom. The number of carbonyl (C=O) groups excluding carboxylic acids is 3. The van der Waals surface area contributed by atoms with Crippen molar-refractivity contribution in [3.8, 4) is 11.5 Å². The monoisotopic (exact) mass is 517 g/mol. The van der Waals surface area contributed by atoms with E-state index in [1.165, 1.54) is 104 Å². The molecular weight excluding hydrogens is 466 g/mol. The summed E-state index contributed by atoms with van der Waals surface area (Å²) in [5.74, 6) is -1.22. The van der Waals surface area contributed by atoms with Crippen molar-refractivity contribution >= 4 is 17.8 Å². The summed E-state index contributed by atoms with van der Waals surface area (Å²) in [6.45, 7) is 7.29. The lowest BCUT2D eigenvalue weighted by Gasteiger charge is -2.15. The highest BCUT2D eigenvalue weighted by Crippen LogP contribution is 2.31. The molecule has 1 N–H and O–H groups in total. The summed E-state index contributed by atoms with van der Waals surface area (Å²) in [4.78, 5) is 35.3. The number of ether oxygens (including phenoxy) is 2. The third-order valence-electron chi connectivity index (χ3n) is 6.70. The van der Waals surface area contributed by atoms with Crippen LogP contribution in [0.3, 0.4) is 0 Å². The Hall–Kier alpha value is -2.37. The van der Waals surface area contributed by atoms with E-state index in [0.29, 0.717) is 12.1 Å². The quantitative estimate of drug-likeness (QED) is 0.101. The number of hydrogen-bond acceptors (Lipinski definition) is 5. The number of amides is 1. The topological polar surface area (TPSA) is 81.7 Å². The molecule has 1 unspecified atom stereocenters. The number of unbranched alkanes of at least 4 members (excludes halogenated alkanes) is 15. The Bertz CT molecular complexity index is 792. The first kappa shape index (κ1) is 32.7. The SMILES string of the molecule is CCCCCCCCCCCCCCCCCCNC(=O)C(C)c1ccc(OC(C)=O)c(OC(C)=O)c1. The van der Waals surface area contributed by atoms with E-state index >= 15 is 0 Å². The zero-order valence-corrected chi connectivity index (χ0v) is 23.9. The van der Waals surface area contributed by atoms with Gasteiger partial charge in [0.05, 0.1) is 5.92 Å². The van der Waals surface area contributed by atoms with Crippen LogP contribution in [0.25, 0.3) is 0 Å². The molecule has 1 aromatic rings. The van der Waals surface area contributed by atoms with Gasteiger partial charge in [0.2, 0.25) is 5.91 Å². The largest absolute Gasteiger partial charge is 0.423 e. The minimum Gasteiger partial charge on any atom is -0.423 e. The zero-order valence-electron chi connectivity index (χ0n) is 23.9. The van der Waals surface area contributed by atoms with E-state index < -0.39 is 17.9 Å². The molecular formula is C31H51NO5. The predicted molar refractivity (Wildman–Crippen MR) is 150 cm³/mol. The van der Waals surface area contributed by atoms with Crippen molar-refractivity contribution in [2.75, 3.05) is 6.54 Å². The van der Waals surface area contributed by atoms with Crippen LogP contribution in [0.5, 0.6) is 11.5 Å². The molecule has 37 heavy (non-hydrogen) atoms. The van der Waals surface area contributed by atoms with E-state index in [4.69, 9.17) is 9.47 Å². The van der Waals surface area contributed by atoms with Gasteiger partial charge >= 0.3 is 11.9 Å². The van der Waals surface area contributed by atoms with E-state index in [0.717, 1.165) is 12.8 Å². The molecule has 1 atom stereocenters. The number of carbonyl (C=O) groups is 3. The van der Waals surface area contributed by atoms with Gasteiger partial charge in [0.25, 0.3) is 0 Å². The van der Waals surface area contributed by atoms with Gasteiger partial charge in [-0.05, 0) is 31.0 Å². The second kappa shape index (κ2) is 20.7. The van der Waals surface area contributed by atoms with Gasteiger partial charge in [-0.25, -0.2) is 0 Å². The Balaban J connectivity index is 2.13. The van der Waals surface area contributed by atoms with Gasteiger partial charge in [0.15, 0.2) is 11.5 Å². The van der Waals surface area contributed by atoms with Gasteiger partial charge < -0.3 is 14.8 Å². The zero-order chi connectivity index (χ0) is 27.3. The van der Waals surface area contributed by atoms with Crippen LogP contribution in [0.15, 0.2) is 18.2 Å². The number of hydrogen-bond donors (Lipinski definition) is 1. The van der Waals surface area contributed by atoms with Crippen molar-refractivity contribution in [3.63, 3.8) is 0 Å². The lowest BCUT2D eigenvalue weighted by molar-refractivity contribution is -0.134. The molecule has 0 aliphatic carbocycles. The molecule has 0 aromatic heterocycles. The highest BCUT2D eigenvalue weighted by molar-refractivity contribution is 5.83. The summed E-state index contributed by atoms with van der Waals surface area (Å²) in [7, 11) is 0. The molecule has 6 nitrogen and oxygen atoms in total. The molecule has 0 saturated heterocycles. The Kier molecular flexibility index (Phi) is 18.2. The van der Waals surface area contributed by atoms with Crippen molar-refractivity contribution in [1.82, 2.24) is 5.32 Å². The fourth-order valence-corrected chi connectivity index (χ4v) is 4.46. The lowest BCUT2D eigenvalue weighted by atomic mass is 9.99. The van der Waals surface area contributed by atoms with E-state index in [-0.39, 0.29) is 17.4 Å². The van der Waals surface area contributed by atoms with Crippen LogP contribution in [0.4, 0.5) is 0 Å². The molecule has 0 spiro atoms. The summed E-state index contributed by atoms with van der Waals surface area (Å²) >= 11 is 0. The van der Waals surface area contributed by atoms with Gasteiger partial charge in [-0.2, -0.15) is 0 Å². The average molecular weight is 518 g/mol.